The zero-order chi connectivity index (χ0) is 19.0. The van der Waals surface area contributed by atoms with Gasteiger partial charge in [0.25, 0.3) is 0 Å². The number of urea groups is 1. The van der Waals surface area contributed by atoms with Gasteiger partial charge in [0.2, 0.25) is 5.91 Å². The maximum Gasteiger partial charge on any atom is 0.321 e. The van der Waals surface area contributed by atoms with Gasteiger partial charge >= 0.3 is 6.03 Å². The highest BCUT2D eigenvalue weighted by molar-refractivity contribution is 5.96. The number of benzene rings is 1. The summed E-state index contributed by atoms with van der Waals surface area (Å²) in [6.45, 7) is 6.11. The van der Waals surface area contributed by atoms with E-state index in [1.165, 1.54) is 0 Å². The van der Waals surface area contributed by atoms with Crippen LogP contribution >= 0.6 is 0 Å². The summed E-state index contributed by atoms with van der Waals surface area (Å²) >= 11 is 0. The van der Waals surface area contributed by atoms with Crippen molar-refractivity contribution in [2.45, 2.75) is 39.3 Å². The molecule has 0 aliphatic rings. The van der Waals surface area contributed by atoms with Gasteiger partial charge in [-0.15, -0.1) is 0 Å². The number of nitrogens with one attached hydrogen (secondary N) is 2. The standard InChI is InChI=1S/C18H29N3O4/c1-12(2)19-18(23)20-17(22)13(3)21(4)10-9-14-7-8-15(24-5)16(11-14)25-6/h7-8,11-13H,9-10H2,1-6H3,(H2,19,20,22,23)/t13-/m0/s1. The molecule has 0 aromatic heterocycles. The number of carbonyl (C=O) groups excluding carboxylic acids is 2. The second kappa shape index (κ2) is 9.88. The lowest BCUT2D eigenvalue weighted by Gasteiger charge is -2.24. The van der Waals surface area contributed by atoms with Gasteiger partial charge < -0.3 is 14.8 Å². The van der Waals surface area contributed by atoms with Gasteiger partial charge in [-0.05, 0) is 51.9 Å². The number of hydrogen-bond acceptors (Lipinski definition) is 5. The molecule has 2 N–H and O–H groups in total. The number of carbonyl (C=O) groups is 2. The summed E-state index contributed by atoms with van der Waals surface area (Å²) in [5, 5.41) is 4.99. The molecule has 0 saturated heterocycles. The van der Waals surface area contributed by atoms with Gasteiger partial charge in [0, 0.05) is 12.6 Å². The molecule has 0 unspecified atom stereocenters. The predicted octanol–water partition coefficient (Wildman–Crippen LogP) is 1.80. The van der Waals surface area contributed by atoms with Crippen LogP contribution in [0.25, 0.3) is 0 Å². The van der Waals surface area contributed by atoms with Crippen molar-refractivity contribution in [2.24, 2.45) is 0 Å². The fourth-order valence-electron chi connectivity index (χ4n) is 2.25. The largest absolute Gasteiger partial charge is 0.493 e. The van der Waals surface area contributed by atoms with Gasteiger partial charge in [0.1, 0.15) is 0 Å². The highest BCUT2D eigenvalue weighted by atomic mass is 16.5. The van der Waals surface area contributed by atoms with E-state index in [-0.39, 0.29) is 11.9 Å². The van der Waals surface area contributed by atoms with E-state index in [2.05, 4.69) is 10.6 Å². The van der Waals surface area contributed by atoms with E-state index in [0.29, 0.717) is 18.0 Å². The molecule has 0 saturated carbocycles. The fraction of sp³-hybridized carbons (Fsp3) is 0.556. The Kier molecular flexibility index (Phi) is 8.21. The van der Waals surface area contributed by atoms with Crippen LogP contribution in [0, 0.1) is 0 Å². The summed E-state index contributed by atoms with van der Waals surface area (Å²) in [5.41, 5.74) is 1.08. The Balaban J connectivity index is 2.56. The van der Waals surface area contributed by atoms with E-state index in [4.69, 9.17) is 9.47 Å². The predicted molar refractivity (Wildman–Crippen MR) is 97.2 cm³/mol. The molecule has 1 aromatic rings. The minimum Gasteiger partial charge on any atom is -0.493 e. The number of hydrogen-bond donors (Lipinski definition) is 2. The summed E-state index contributed by atoms with van der Waals surface area (Å²) in [5.74, 6) is 1.04. The number of ether oxygens (including phenoxy) is 2. The number of methoxy groups -OCH3 is 2. The summed E-state index contributed by atoms with van der Waals surface area (Å²) in [6.07, 6.45) is 0.743. The summed E-state index contributed by atoms with van der Waals surface area (Å²) in [7, 11) is 5.05. The summed E-state index contributed by atoms with van der Waals surface area (Å²) < 4.78 is 10.5. The van der Waals surface area contributed by atoms with Gasteiger partial charge in [-0.25, -0.2) is 4.79 Å². The molecule has 1 atom stereocenters. The molecule has 0 fully saturated rings. The maximum atomic E-state index is 12.1. The molecule has 0 spiro atoms. The fourth-order valence-corrected chi connectivity index (χ4v) is 2.25. The lowest BCUT2D eigenvalue weighted by molar-refractivity contribution is -0.124. The van der Waals surface area contributed by atoms with E-state index in [1.807, 2.05) is 44.0 Å². The second-order valence-electron chi connectivity index (χ2n) is 6.21. The Morgan fingerprint density at radius 2 is 1.76 bits per heavy atom. The molecule has 1 aromatic carbocycles. The Morgan fingerprint density at radius 3 is 2.32 bits per heavy atom. The third kappa shape index (κ3) is 6.62. The number of nitrogens with zero attached hydrogens (tertiary/aromatic N) is 1. The van der Waals surface area contributed by atoms with E-state index < -0.39 is 12.1 Å². The molecule has 7 heteroatoms. The third-order valence-corrected chi connectivity index (χ3v) is 3.90. The first-order chi connectivity index (χ1) is 11.8. The van der Waals surface area contributed by atoms with E-state index in [1.54, 1.807) is 21.1 Å². The van der Waals surface area contributed by atoms with Gasteiger partial charge in [-0.3, -0.25) is 15.0 Å². The lowest BCUT2D eigenvalue weighted by Crippen LogP contribution is -2.50. The SMILES string of the molecule is COc1ccc(CCN(C)[C@@H](C)C(=O)NC(=O)NC(C)C)cc1OC. The highest BCUT2D eigenvalue weighted by Gasteiger charge is 2.20. The molecule has 0 heterocycles. The van der Waals surface area contributed by atoms with Crippen LogP contribution < -0.4 is 20.1 Å². The Morgan fingerprint density at radius 1 is 1.12 bits per heavy atom. The van der Waals surface area contributed by atoms with Gasteiger partial charge in [-0.2, -0.15) is 0 Å². The monoisotopic (exact) mass is 351 g/mol. The molecule has 0 aliphatic carbocycles. The minimum absolute atomic E-state index is 0.0223. The Hall–Kier alpha value is -2.28. The number of rotatable bonds is 8. The van der Waals surface area contributed by atoms with E-state index >= 15 is 0 Å². The molecule has 140 valence electrons. The summed E-state index contributed by atoms with van der Waals surface area (Å²) in [6, 6.07) is 4.84. The van der Waals surface area contributed by atoms with Crippen molar-refractivity contribution in [3.63, 3.8) is 0 Å². The van der Waals surface area contributed by atoms with Crippen molar-refractivity contribution in [3.05, 3.63) is 23.8 Å². The molecule has 7 nitrogen and oxygen atoms in total. The normalized spacial score (nSPS) is 12.0. The number of likely N-dealkylation sites (N-methyl/N-ethyl adjacent to an activating group) is 1. The molecular formula is C18H29N3O4. The quantitative estimate of drug-likeness (QED) is 0.747. The lowest BCUT2D eigenvalue weighted by atomic mass is 10.1. The second-order valence-corrected chi connectivity index (χ2v) is 6.21. The van der Waals surface area contributed by atoms with E-state index in [9.17, 15) is 9.59 Å². The zero-order valence-corrected chi connectivity index (χ0v) is 15.9. The Labute approximate surface area is 149 Å². The maximum absolute atomic E-state index is 12.1. The first kappa shape index (κ1) is 20.8. The van der Waals surface area contributed by atoms with Crippen molar-refractivity contribution in [3.8, 4) is 11.5 Å². The van der Waals surface area contributed by atoms with Gasteiger partial charge in [0.05, 0.1) is 20.3 Å². The van der Waals surface area contributed by atoms with Crippen molar-refractivity contribution < 1.29 is 19.1 Å². The average molecular weight is 351 g/mol. The molecule has 0 bridgehead atoms. The molecule has 0 aliphatic heterocycles. The van der Waals surface area contributed by atoms with Crippen molar-refractivity contribution in [1.29, 1.82) is 0 Å². The van der Waals surface area contributed by atoms with Gasteiger partial charge in [0.15, 0.2) is 11.5 Å². The number of amides is 3. The van der Waals surface area contributed by atoms with Crippen LogP contribution in [-0.2, 0) is 11.2 Å². The highest BCUT2D eigenvalue weighted by Crippen LogP contribution is 2.27. The average Bonchev–Trinajstić information content (AvgIpc) is 2.57. The van der Waals surface area contributed by atoms with Crippen LogP contribution in [-0.4, -0.2) is 56.7 Å². The van der Waals surface area contributed by atoms with Crippen LogP contribution in [0.4, 0.5) is 4.79 Å². The minimum atomic E-state index is -0.472. The zero-order valence-electron chi connectivity index (χ0n) is 15.9. The van der Waals surface area contributed by atoms with Crippen LogP contribution in [0.5, 0.6) is 11.5 Å². The molecule has 3 amide bonds. The smallest absolute Gasteiger partial charge is 0.321 e. The first-order valence-corrected chi connectivity index (χ1v) is 8.31. The molecule has 1 rings (SSSR count). The Bertz CT molecular complexity index is 590. The van der Waals surface area contributed by atoms with Crippen LogP contribution in [0.2, 0.25) is 0 Å². The molecular weight excluding hydrogens is 322 g/mol. The van der Waals surface area contributed by atoms with Crippen molar-refractivity contribution in [1.82, 2.24) is 15.5 Å². The number of imide groups is 1. The van der Waals surface area contributed by atoms with Crippen LogP contribution in [0.15, 0.2) is 18.2 Å². The first-order valence-electron chi connectivity index (χ1n) is 8.31. The van der Waals surface area contributed by atoms with Crippen LogP contribution in [0.3, 0.4) is 0 Å². The molecule has 25 heavy (non-hydrogen) atoms. The third-order valence-electron chi connectivity index (χ3n) is 3.90. The summed E-state index contributed by atoms with van der Waals surface area (Å²) in [4.78, 5) is 25.6. The molecule has 0 radical (unpaired) electrons. The van der Waals surface area contributed by atoms with Crippen molar-refractivity contribution in [2.75, 3.05) is 27.8 Å². The topological polar surface area (TPSA) is 79.9 Å². The van der Waals surface area contributed by atoms with Crippen molar-refractivity contribution >= 4 is 11.9 Å². The van der Waals surface area contributed by atoms with Crippen LogP contribution in [0.1, 0.15) is 26.3 Å². The van der Waals surface area contributed by atoms with Gasteiger partial charge in [-0.1, -0.05) is 6.07 Å². The van der Waals surface area contributed by atoms with E-state index in [0.717, 1.165) is 12.0 Å².